The van der Waals surface area contributed by atoms with Gasteiger partial charge in [-0.3, -0.25) is 0 Å². The first-order valence-corrected chi connectivity index (χ1v) is 8.60. The number of aryl methyl sites for hydroxylation is 1. The number of aromatic nitrogens is 2. The Morgan fingerprint density at radius 3 is 2.67 bits per heavy atom. The van der Waals surface area contributed by atoms with Crippen molar-refractivity contribution in [3.63, 3.8) is 0 Å². The number of benzene rings is 2. The molecule has 4 nitrogen and oxygen atoms in total. The Labute approximate surface area is 142 Å². The first kappa shape index (κ1) is 15.1. The fourth-order valence-electron chi connectivity index (χ4n) is 3.29. The van der Waals surface area contributed by atoms with Crippen LogP contribution in [0.25, 0.3) is 22.0 Å². The Kier molecular flexibility index (Phi) is 4.13. The molecule has 0 unspecified atom stereocenters. The zero-order valence-corrected chi connectivity index (χ0v) is 13.9. The molecule has 4 rings (SSSR count). The average molecular weight is 318 g/mol. The van der Waals surface area contributed by atoms with Crippen LogP contribution in [0.1, 0.15) is 18.4 Å². The maximum Gasteiger partial charge on any atom is 0.223 e. The van der Waals surface area contributed by atoms with E-state index in [1.54, 1.807) is 0 Å². The van der Waals surface area contributed by atoms with Crippen molar-refractivity contribution in [2.75, 3.05) is 18.4 Å². The van der Waals surface area contributed by atoms with Crippen LogP contribution in [0, 0.1) is 6.92 Å². The summed E-state index contributed by atoms with van der Waals surface area (Å²) in [7, 11) is 0. The highest BCUT2D eigenvalue weighted by atomic mass is 15.1. The minimum absolute atomic E-state index is 0.457. The van der Waals surface area contributed by atoms with Gasteiger partial charge in [0, 0.05) is 17.8 Å². The van der Waals surface area contributed by atoms with Crippen LogP contribution >= 0.6 is 0 Å². The number of nitrogens with one attached hydrogen (secondary N) is 2. The zero-order chi connectivity index (χ0) is 16.4. The highest BCUT2D eigenvalue weighted by Gasteiger charge is 2.15. The molecule has 0 aliphatic carbocycles. The molecule has 0 bridgehead atoms. The van der Waals surface area contributed by atoms with Crippen molar-refractivity contribution in [2.24, 2.45) is 0 Å². The molecule has 2 heterocycles. The molecule has 2 aromatic carbocycles. The molecular weight excluding hydrogens is 296 g/mol. The Hall–Kier alpha value is -2.46. The van der Waals surface area contributed by atoms with Crippen molar-refractivity contribution in [1.82, 2.24) is 15.3 Å². The molecule has 1 saturated heterocycles. The molecule has 3 aromatic rings. The first-order chi connectivity index (χ1) is 11.8. The predicted molar refractivity (Wildman–Crippen MR) is 99.2 cm³/mol. The largest absolute Gasteiger partial charge is 0.351 e. The molecule has 1 aliphatic heterocycles. The smallest absolute Gasteiger partial charge is 0.223 e. The molecule has 0 saturated carbocycles. The normalized spacial score (nSPS) is 15.5. The second-order valence-corrected chi connectivity index (χ2v) is 6.46. The predicted octanol–water partition coefficient (Wildman–Crippen LogP) is 3.77. The summed E-state index contributed by atoms with van der Waals surface area (Å²) in [6.45, 7) is 4.18. The van der Waals surface area contributed by atoms with E-state index in [0.29, 0.717) is 6.04 Å². The third-order valence-electron chi connectivity index (χ3n) is 4.67. The van der Waals surface area contributed by atoms with Crippen molar-refractivity contribution >= 4 is 16.7 Å². The summed E-state index contributed by atoms with van der Waals surface area (Å²) < 4.78 is 0. The van der Waals surface area contributed by atoms with Gasteiger partial charge in [0.15, 0.2) is 0 Å². The molecule has 122 valence electrons. The van der Waals surface area contributed by atoms with E-state index in [1.165, 1.54) is 10.8 Å². The minimum atomic E-state index is 0.457. The van der Waals surface area contributed by atoms with Gasteiger partial charge < -0.3 is 10.6 Å². The van der Waals surface area contributed by atoms with Gasteiger partial charge in [0.1, 0.15) is 0 Å². The molecule has 0 spiro atoms. The van der Waals surface area contributed by atoms with E-state index in [-0.39, 0.29) is 0 Å². The van der Waals surface area contributed by atoms with Gasteiger partial charge in [-0.15, -0.1) is 0 Å². The van der Waals surface area contributed by atoms with Gasteiger partial charge in [0.2, 0.25) is 5.95 Å². The Bertz CT molecular complexity index is 853. The van der Waals surface area contributed by atoms with Crippen LogP contribution in [0.4, 0.5) is 5.95 Å². The zero-order valence-electron chi connectivity index (χ0n) is 13.9. The SMILES string of the molecule is Cc1cnc(NC2CCNCC2)nc1-c1ccc2ccccc2c1. The quantitative estimate of drug-likeness (QED) is 0.772. The summed E-state index contributed by atoms with van der Waals surface area (Å²) in [5.41, 5.74) is 3.25. The lowest BCUT2D eigenvalue weighted by atomic mass is 10.0. The van der Waals surface area contributed by atoms with E-state index in [4.69, 9.17) is 4.98 Å². The molecule has 4 heteroatoms. The average Bonchev–Trinajstić information content (AvgIpc) is 2.64. The Morgan fingerprint density at radius 2 is 1.83 bits per heavy atom. The van der Waals surface area contributed by atoms with Gasteiger partial charge in [0.25, 0.3) is 0 Å². The molecule has 24 heavy (non-hydrogen) atoms. The fraction of sp³-hybridized carbons (Fsp3) is 0.300. The maximum atomic E-state index is 4.80. The van der Waals surface area contributed by atoms with E-state index in [9.17, 15) is 0 Å². The van der Waals surface area contributed by atoms with Gasteiger partial charge in [-0.25, -0.2) is 9.97 Å². The summed E-state index contributed by atoms with van der Waals surface area (Å²) in [6, 6.07) is 15.4. The molecular formula is C20H22N4. The molecule has 1 aromatic heterocycles. The minimum Gasteiger partial charge on any atom is -0.351 e. The van der Waals surface area contributed by atoms with Crippen LogP contribution in [0.5, 0.6) is 0 Å². The maximum absolute atomic E-state index is 4.80. The number of fused-ring (bicyclic) bond motifs is 1. The van der Waals surface area contributed by atoms with Crippen molar-refractivity contribution in [1.29, 1.82) is 0 Å². The lowest BCUT2D eigenvalue weighted by Crippen LogP contribution is -2.35. The number of rotatable bonds is 3. The monoisotopic (exact) mass is 318 g/mol. The number of anilines is 1. The lowest BCUT2D eigenvalue weighted by molar-refractivity contribution is 0.477. The summed E-state index contributed by atoms with van der Waals surface area (Å²) >= 11 is 0. The van der Waals surface area contributed by atoms with Gasteiger partial charge in [0.05, 0.1) is 5.69 Å². The molecule has 1 fully saturated rings. The summed E-state index contributed by atoms with van der Waals surface area (Å²) in [6.07, 6.45) is 4.14. The van der Waals surface area contributed by atoms with Gasteiger partial charge >= 0.3 is 0 Å². The summed E-state index contributed by atoms with van der Waals surface area (Å²) in [4.78, 5) is 9.28. The van der Waals surface area contributed by atoms with E-state index in [0.717, 1.165) is 48.7 Å². The van der Waals surface area contributed by atoms with Crippen LogP contribution in [0.2, 0.25) is 0 Å². The van der Waals surface area contributed by atoms with Crippen LogP contribution in [-0.4, -0.2) is 29.1 Å². The number of piperidine rings is 1. The molecule has 0 atom stereocenters. The highest BCUT2D eigenvalue weighted by molar-refractivity contribution is 5.87. The third kappa shape index (κ3) is 3.10. The van der Waals surface area contributed by atoms with Gasteiger partial charge in [-0.2, -0.15) is 0 Å². The van der Waals surface area contributed by atoms with Crippen molar-refractivity contribution in [3.05, 3.63) is 54.2 Å². The first-order valence-electron chi connectivity index (χ1n) is 8.60. The van der Waals surface area contributed by atoms with E-state index in [2.05, 4.69) is 65.0 Å². The van der Waals surface area contributed by atoms with Crippen LogP contribution < -0.4 is 10.6 Å². The van der Waals surface area contributed by atoms with Crippen LogP contribution in [-0.2, 0) is 0 Å². The van der Waals surface area contributed by atoms with E-state index < -0.39 is 0 Å². The topological polar surface area (TPSA) is 49.8 Å². The Balaban J connectivity index is 1.66. The lowest BCUT2D eigenvalue weighted by Gasteiger charge is -2.23. The standard InChI is InChI=1S/C20H22N4/c1-14-13-22-20(23-18-8-10-21-11-9-18)24-19(14)17-7-6-15-4-2-3-5-16(15)12-17/h2-7,12-13,18,21H,8-11H2,1H3,(H,22,23,24). The van der Waals surface area contributed by atoms with Crippen LogP contribution in [0.15, 0.2) is 48.7 Å². The second-order valence-electron chi connectivity index (χ2n) is 6.46. The highest BCUT2D eigenvalue weighted by Crippen LogP contribution is 2.26. The number of hydrogen-bond donors (Lipinski definition) is 2. The second kappa shape index (κ2) is 6.57. The van der Waals surface area contributed by atoms with Crippen LogP contribution in [0.3, 0.4) is 0 Å². The Morgan fingerprint density at radius 1 is 1.04 bits per heavy atom. The van der Waals surface area contributed by atoms with E-state index in [1.807, 2.05) is 6.20 Å². The third-order valence-corrected chi connectivity index (χ3v) is 4.67. The number of nitrogens with zero attached hydrogens (tertiary/aromatic N) is 2. The fourth-order valence-corrected chi connectivity index (χ4v) is 3.29. The van der Waals surface area contributed by atoms with Crippen molar-refractivity contribution < 1.29 is 0 Å². The molecule has 0 amide bonds. The molecule has 1 aliphatic rings. The molecule has 0 radical (unpaired) electrons. The number of hydrogen-bond acceptors (Lipinski definition) is 4. The van der Waals surface area contributed by atoms with Gasteiger partial charge in [-0.05, 0) is 55.3 Å². The van der Waals surface area contributed by atoms with Crippen molar-refractivity contribution in [2.45, 2.75) is 25.8 Å². The van der Waals surface area contributed by atoms with Crippen molar-refractivity contribution in [3.8, 4) is 11.3 Å². The van der Waals surface area contributed by atoms with E-state index >= 15 is 0 Å². The summed E-state index contributed by atoms with van der Waals surface area (Å²) in [5.74, 6) is 0.732. The summed E-state index contributed by atoms with van der Waals surface area (Å²) in [5, 5.41) is 9.36. The van der Waals surface area contributed by atoms with Gasteiger partial charge in [-0.1, -0.05) is 36.4 Å². The molecule has 2 N–H and O–H groups in total.